The molecular formula is C26H20F4N4O3. The van der Waals surface area contributed by atoms with Crippen LogP contribution in [0.25, 0.3) is 11.1 Å². The van der Waals surface area contributed by atoms with E-state index >= 15 is 0 Å². The summed E-state index contributed by atoms with van der Waals surface area (Å²) in [5.74, 6) is 0.121. The van der Waals surface area contributed by atoms with Crippen molar-refractivity contribution in [3.8, 4) is 28.5 Å². The highest BCUT2D eigenvalue weighted by Crippen LogP contribution is 2.33. The first-order valence-electron chi connectivity index (χ1n) is 10.9. The fourth-order valence-electron chi connectivity index (χ4n) is 3.28. The zero-order valence-electron chi connectivity index (χ0n) is 19.3. The molecule has 4 rings (SSSR count). The van der Waals surface area contributed by atoms with Crippen LogP contribution in [0.4, 0.5) is 29.1 Å². The van der Waals surface area contributed by atoms with Gasteiger partial charge in [-0.15, -0.1) is 0 Å². The predicted molar refractivity (Wildman–Crippen MR) is 130 cm³/mol. The molecule has 11 heteroatoms. The number of halogens is 4. The monoisotopic (exact) mass is 512 g/mol. The van der Waals surface area contributed by atoms with Crippen LogP contribution in [-0.4, -0.2) is 35.5 Å². The molecule has 37 heavy (non-hydrogen) atoms. The minimum absolute atomic E-state index is 0.0704. The lowest BCUT2D eigenvalue weighted by Crippen LogP contribution is -2.33. The summed E-state index contributed by atoms with van der Waals surface area (Å²) >= 11 is 0. The normalized spacial score (nSPS) is 11.2. The van der Waals surface area contributed by atoms with Crippen LogP contribution < -0.4 is 20.1 Å². The standard InChI is InChI=1S/C26H20F4N4O3/c1-31-22-14-16(10-12-32-22)21-9-4-11-33-24(21)36-19-7-3-6-18(15-19)34-23(35)17-5-2-8-20(13-17)37-26(29,30)25(27)28/h2-15,25H,1H3,(H,31,32)(H,34,35). The van der Waals surface area contributed by atoms with E-state index in [0.29, 0.717) is 28.7 Å². The molecule has 0 spiro atoms. The highest BCUT2D eigenvalue weighted by atomic mass is 19.3. The van der Waals surface area contributed by atoms with E-state index in [1.807, 2.05) is 18.2 Å². The van der Waals surface area contributed by atoms with E-state index in [1.165, 1.54) is 12.1 Å². The van der Waals surface area contributed by atoms with E-state index < -0.39 is 24.2 Å². The Morgan fingerprint density at radius 3 is 2.49 bits per heavy atom. The van der Waals surface area contributed by atoms with Crippen LogP contribution in [0.1, 0.15) is 10.4 Å². The molecule has 0 radical (unpaired) electrons. The third-order valence-electron chi connectivity index (χ3n) is 5.01. The first kappa shape index (κ1) is 25.4. The van der Waals surface area contributed by atoms with Crippen LogP contribution in [0, 0.1) is 0 Å². The van der Waals surface area contributed by atoms with Gasteiger partial charge in [0.1, 0.15) is 17.3 Å². The Bertz CT molecular complexity index is 1400. The van der Waals surface area contributed by atoms with Gasteiger partial charge in [0.25, 0.3) is 5.91 Å². The third-order valence-corrected chi connectivity index (χ3v) is 5.01. The lowest BCUT2D eigenvalue weighted by atomic mass is 10.1. The van der Waals surface area contributed by atoms with Crippen LogP contribution in [-0.2, 0) is 0 Å². The van der Waals surface area contributed by atoms with Crippen molar-refractivity contribution in [3.05, 3.63) is 90.8 Å². The number of ether oxygens (including phenoxy) is 2. The van der Waals surface area contributed by atoms with Crippen molar-refractivity contribution < 1.29 is 31.8 Å². The maximum atomic E-state index is 13.2. The predicted octanol–water partition coefficient (Wildman–Crippen LogP) is 6.47. The van der Waals surface area contributed by atoms with Crippen LogP contribution in [0.2, 0.25) is 0 Å². The number of carbonyl (C=O) groups is 1. The molecule has 1 amide bonds. The molecule has 0 aliphatic rings. The van der Waals surface area contributed by atoms with E-state index in [1.54, 1.807) is 49.8 Å². The number of hydrogen-bond acceptors (Lipinski definition) is 6. The summed E-state index contributed by atoms with van der Waals surface area (Å²) in [6.07, 6.45) is -5.47. The van der Waals surface area contributed by atoms with E-state index in [0.717, 1.165) is 17.7 Å². The first-order valence-corrected chi connectivity index (χ1v) is 10.9. The summed E-state index contributed by atoms with van der Waals surface area (Å²) in [6, 6.07) is 18.3. The van der Waals surface area contributed by atoms with Crippen molar-refractivity contribution in [1.82, 2.24) is 9.97 Å². The molecule has 0 bridgehead atoms. The highest BCUT2D eigenvalue weighted by Gasteiger charge is 2.44. The Labute approximate surface area is 209 Å². The summed E-state index contributed by atoms with van der Waals surface area (Å²) in [5, 5.41) is 5.59. The molecule has 4 aromatic rings. The number of hydrogen-bond donors (Lipinski definition) is 2. The molecule has 2 N–H and O–H groups in total. The van der Waals surface area contributed by atoms with Gasteiger partial charge in [-0.25, -0.2) is 9.97 Å². The van der Waals surface area contributed by atoms with Crippen molar-refractivity contribution in [3.63, 3.8) is 0 Å². The quantitative estimate of drug-likeness (QED) is 0.250. The summed E-state index contributed by atoms with van der Waals surface area (Å²) in [5.41, 5.74) is 1.81. The fraction of sp³-hybridized carbons (Fsp3) is 0.115. The molecule has 190 valence electrons. The minimum Gasteiger partial charge on any atom is -0.438 e. The topological polar surface area (TPSA) is 85.4 Å². The molecule has 2 aromatic heterocycles. The number of nitrogens with one attached hydrogen (secondary N) is 2. The third kappa shape index (κ3) is 6.31. The molecule has 0 aliphatic carbocycles. The molecule has 0 fully saturated rings. The van der Waals surface area contributed by atoms with Gasteiger partial charge >= 0.3 is 12.5 Å². The smallest absolute Gasteiger partial charge is 0.438 e. The van der Waals surface area contributed by atoms with E-state index in [2.05, 4.69) is 25.3 Å². The van der Waals surface area contributed by atoms with Crippen LogP contribution in [0.15, 0.2) is 85.2 Å². The van der Waals surface area contributed by atoms with E-state index in [-0.39, 0.29) is 5.56 Å². The number of pyridine rings is 2. The number of carbonyl (C=O) groups excluding carboxylic acids is 1. The maximum Gasteiger partial charge on any atom is 0.461 e. The zero-order chi connectivity index (χ0) is 26.4. The molecule has 7 nitrogen and oxygen atoms in total. The number of alkyl halides is 4. The average molecular weight is 512 g/mol. The van der Waals surface area contributed by atoms with Gasteiger partial charge in [0, 0.05) is 42.3 Å². The second kappa shape index (κ2) is 10.9. The van der Waals surface area contributed by atoms with Crippen molar-refractivity contribution in [1.29, 1.82) is 0 Å². The van der Waals surface area contributed by atoms with Gasteiger partial charge in [0.15, 0.2) is 0 Å². The van der Waals surface area contributed by atoms with Crippen LogP contribution >= 0.6 is 0 Å². The summed E-state index contributed by atoms with van der Waals surface area (Å²) in [4.78, 5) is 21.2. The first-order chi connectivity index (χ1) is 17.7. The SMILES string of the molecule is CNc1cc(-c2cccnc2Oc2cccc(NC(=O)c3cccc(OC(F)(F)C(F)F)c3)c2)ccn1. The van der Waals surface area contributed by atoms with Gasteiger partial charge in [-0.1, -0.05) is 12.1 Å². The molecule has 0 aliphatic heterocycles. The van der Waals surface area contributed by atoms with Crippen molar-refractivity contribution in [2.24, 2.45) is 0 Å². The highest BCUT2D eigenvalue weighted by molar-refractivity contribution is 6.04. The second-order valence-electron chi connectivity index (χ2n) is 7.61. The number of anilines is 2. The largest absolute Gasteiger partial charge is 0.461 e. The molecule has 2 aromatic carbocycles. The van der Waals surface area contributed by atoms with Gasteiger partial charge in [0.2, 0.25) is 5.88 Å². The number of amides is 1. The molecule has 2 heterocycles. The Morgan fingerprint density at radius 2 is 1.70 bits per heavy atom. The van der Waals surface area contributed by atoms with Crippen LogP contribution in [0.5, 0.6) is 17.4 Å². The molecular weight excluding hydrogens is 492 g/mol. The Kier molecular flexibility index (Phi) is 7.52. The summed E-state index contributed by atoms with van der Waals surface area (Å²) in [7, 11) is 1.76. The molecule has 0 unspecified atom stereocenters. The Balaban J connectivity index is 1.51. The molecule has 0 saturated carbocycles. The number of aromatic nitrogens is 2. The summed E-state index contributed by atoms with van der Waals surface area (Å²) in [6.45, 7) is 0. The minimum atomic E-state index is -4.68. The Morgan fingerprint density at radius 1 is 0.919 bits per heavy atom. The second-order valence-corrected chi connectivity index (χ2v) is 7.61. The van der Waals surface area contributed by atoms with Crippen molar-refractivity contribution in [2.75, 3.05) is 17.7 Å². The molecule has 0 atom stereocenters. The number of benzene rings is 2. The Hall–Kier alpha value is -4.67. The molecule has 0 saturated heterocycles. The average Bonchev–Trinajstić information content (AvgIpc) is 2.89. The van der Waals surface area contributed by atoms with Crippen molar-refractivity contribution >= 4 is 17.4 Å². The van der Waals surface area contributed by atoms with Gasteiger partial charge in [0.05, 0.1) is 0 Å². The lowest BCUT2D eigenvalue weighted by molar-refractivity contribution is -0.253. The maximum absolute atomic E-state index is 13.2. The fourth-order valence-corrected chi connectivity index (χ4v) is 3.28. The number of rotatable bonds is 9. The number of nitrogens with zero attached hydrogens (tertiary/aromatic N) is 2. The van der Waals surface area contributed by atoms with Gasteiger partial charge in [-0.3, -0.25) is 4.79 Å². The zero-order valence-corrected chi connectivity index (χ0v) is 19.3. The van der Waals surface area contributed by atoms with Gasteiger partial charge < -0.3 is 20.1 Å². The van der Waals surface area contributed by atoms with Gasteiger partial charge in [-0.2, -0.15) is 17.6 Å². The van der Waals surface area contributed by atoms with Crippen molar-refractivity contribution in [2.45, 2.75) is 12.5 Å². The lowest BCUT2D eigenvalue weighted by Gasteiger charge is -2.17. The van der Waals surface area contributed by atoms with E-state index in [4.69, 9.17) is 4.74 Å². The summed E-state index contributed by atoms with van der Waals surface area (Å²) < 4.78 is 61.3. The van der Waals surface area contributed by atoms with Gasteiger partial charge in [-0.05, 0) is 60.2 Å². The van der Waals surface area contributed by atoms with E-state index in [9.17, 15) is 22.4 Å². The van der Waals surface area contributed by atoms with Crippen LogP contribution in [0.3, 0.4) is 0 Å².